The number of benzene rings is 1. The Morgan fingerprint density at radius 2 is 1.81 bits per heavy atom. The molecule has 0 radical (unpaired) electrons. The SMILES string of the molecule is CC(=O)Nc1ccc(N2C(=O)C[C@H](N[C@@H]3CCC[C@H](C)[C@@H]3C)C2=O)cc1. The van der Waals surface area contributed by atoms with E-state index < -0.39 is 6.04 Å². The maximum atomic E-state index is 12.8. The third-order valence-corrected chi connectivity index (χ3v) is 5.71. The van der Waals surface area contributed by atoms with Gasteiger partial charge in [0.05, 0.1) is 18.2 Å². The minimum absolute atomic E-state index is 0.161. The van der Waals surface area contributed by atoms with Crippen LogP contribution in [0, 0.1) is 11.8 Å². The van der Waals surface area contributed by atoms with Crippen LogP contribution in [-0.4, -0.2) is 29.8 Å². The minimum Gasteiger partial charge on any atom is -0.326 e. The standard InChI is InChI=1S/C20H27N3O3/c1-12-5-4-6-17(13(12)2)22-18-11-19(25)23(20(18)26)16-9-7-15(8-10-16)21-14(3)24/h7-10,12-13,17-18,22H,4-6,11H2,1-3H3,(H,21,24)/t12-,13-,17+,18-/m0/s1. The van der Waals surface area contributed by atoms with Gasteiger partial charge in [-0.2, -0.15) is 0 Å². The van der Waals surface area contributed by atoms with E-state index in [-0.39, 0.29) is 30.2 Å². The highest BCUT2D eigenvalue weighted by molar-refractivity contribution is 6.22. The molecule has 3 rings (SSSR count). The Morgan fingerprint density at radius 1 is 1.12 bits per heavy atom. The molecule has 1 aliphatic carbocycles. The van der Waals surface area contributed by atoms with Gasteiger partial charge in [-0.1, -0.05) is 26.7 Å². The lowest BCUT2D eigenvalue weighted by molar-refractivity contribution is -0.122. The number of rotatable bonds is 4. The highest BCUT2D eigenvalue weighted by Crippen LogP contribution is 2.31. The number of nitrogens with one attached hydrogen (secondary N) is 2. The van der Waals surface area contributed by atoms with Gasteiger partial charge in [0.1, 0.15) is 0 Å². The number of carbonyl (C=O) groups is 3. The Labute approximate surface area is 154 Å². The number of amides is 3. The van der Waals surface area contributed by atoms with Gasteiger partial charge < -0.3 is 10.6 Å². The average molecular weight is 357 g/mol. The van der Waals surface area contributed by atoms with Gasteiger partial charge in [-0.15, -0.1) is 0 Å². The second-order valence-corrected chi connectivity index (χ2v) is 7.59. The molecule has 6 nitrogen and oxygen atoms in total. The van der Waals surface area contributed by atoms with Crippen molar-refractivity contribution < 1.29 is 14.4 Å². The van der Waals surface area contributed by atoms with E-state index in [9.17, 15) is 14.4 Å². The van der Waals surface area contributed by atoms with Crippen LogP contribution in [0.5, 0.6) is 0 Å². The summed E-state index contributed by atoms with van der Waals surface area (Å²) < 4.78 is 0. The molecule has 2 fully saturated rings. The molecule has 4 atom stereocenters. The van der Waals surface area contributed by atoms with Gasteiger partial charge in [-0.05, 0) is 42.5 Å². The van der Waals surface area contributed by atoms with Gasteiger partial charge in [0.25, 0.3) is 5.91 Å². The fourth-order valence-electron chi connectivity index (χ4n) is 4.01. The van der Waals surface area contributed by atoms with Crippen LogP contribution in [0.4, 0.5) is 11.4 Å². The van der Waals surface area contributed by atoms with Crippen molar-refractivity contribution >= 4 is 29.1 Å². The van der Waals surface area contributed by atoms with Crippen molar-refractivity contribution in [1.29, 1.82) is 0 Å². The van der Waals surface area contributed by atoms with Crippen molar-refractivity contribution in [1.82, 2.24) is 5.32 Å². The van der Waals surface area contributed by atoms with Gasteiger partial charge in [-0.25, -0.2) is 4.90 Å². The third-order valence-electron chi connectivity index (χ3n) is 5.71. The zero-order chi connectivity index (χ0) is 18.8. The Morgan fingerprint density at radius 3 is 2.46 bits per heavy atom. The lowest BCUT2D eigenvalue weighted by Gasteiger charge is -2.36. The molecule has 2 aliphatic rings. The highest BCUT2D eigenvalue weighted by atomic mass is 16.2. The van der Waals surface area contributed by atoms with Crippen LogP contribution < -0.4 is 15.5 Å². The van der Waals surface area contributed by atoms with Gasteiger partial charge in [0.15, 0.2) is 0 Å². The van der Waals surface area contributed by atoms with E-state index in [1.54, 1.807) is 24.3 Å². The molecule has 1 aromatic carbocycles. The van der Waals surface area contributed by atoms with Crippen LogP contribution in [0.3, 0.4) is 0 Å². The molecule has 2 N–H and O–H groups in total. The zero-order valence-corrected chi connectivity index (χ0v) is 15.6. The summed E-state index contributed by atoms with van der Waals surface area (Å²) >= 11 is 0. The molecule has 26 heavy (non-hydrogen) atoms. The van der Waals surface area contributed by atoms with Gasteiger partial charge in [0.2, 0.25) is 11.8 Å². The average Bonchev–Trinajstić information content (AvgIpc) is 2.86. The van der Waals surface area contributed by atoms with Crippen molar-refractivity contribution in [3.63, 3.8) is 0 Å². The minimum atomic E-state index is -0.449. The van der Waals surface area contributed by atoms with Crippen molar-refractivity contribution in [3.05, 3.63) is 24.3 Å². The Balaban J connectivity index is 1.69. The van der Waals surface area contributed by atoms with Crippen LogP contribution in [0.2, 0.25) is 0 Å². The highest BCUT2D eigenvalue weighted by Gasteiger charge is 2.41. The molecule has 1 aliphatic heterocycles. The molecule has 0 spiro atoms. The summed E-state index contributed by atoms with van der Waals surface area (Å²) in [5.41, 5.74) is 1.18. The molecular weight excluding hydrogens is 330 g/mol. The summed E-state index contributed by atoms with van der Waals surface area (Å²) in [6.07, 6.45) is 3.63. The van der Waals surface area contributed by atoms with Gasteiger partial charge >= 0.3 is 0 Å². The summed E-state index contributed by atoms with van der Waals surface area (Å²) in [5, 5.41) is 6.12. The predicted molar refractivity (Wildman–Crippen MR) is 101 cm³/mol. The normalized spacial score (nSPS) is 29.1. The molecule has 1 saturated carbocycles. The number of anilines is 2. The van der Waals surface area contributed by atoms with Crippen LogP contribution >= 0.6 is 0 Å². The fourth-order valence-corrected chi connectivity index (χ4v) is 4.01. The summed E-state index contributed by atoms with van der Waals surface area (Å²) in [6.45, 7) is 5.91. The first-order valence-electron chi connectivity index (χ1n) is 9.37. The van der Waals surface area contributed by atoms with Crippen LogP contribution in [0.1, 0.15) is 46.5 Å². The second-order valence-electron chi connectivity index (χ2n) is 7.59. The quantitative estimate of drug-likeness (QED) is 0.812. The lowest BCUT2D eigenvalue weighted by Crippen LogP contribution is -2.48. The van der Waals surface area contributed by atoms with E-state index in [0.717, 1.165) is 12.8 Å². The largest absolute Gasteiger partial charge is 0.326 e. The third kappa shape index (κ3) is 3.80. The van der Waals surface area contributed by atoms with E-state index >= 15 is 0 Å². The Bertz CT molecular complexity index is 701. The monoisotopic (exact) mass is 357 g/mol. The van der Waals surface area contributed by atoms with Crippen molar-refractivity contribution in [3.8, 4) is 0 Å². The molecule has 0 aromatic heterocycles. The van der Waals surface area contributed by atoms with Crippen molar-refractivity contribution in [2.45, 2.75) is 58.5 Å². The summed E-state index contributed by atoms with van der Waals surface area (Å²) in [4.78, 5) is 37.6. The molecule has 6 heteroatoms. The molecule has 3 amide bonds. The van der Waals surface area contributed by atoms with Crippen LogP contribution in [0.15, 0.2) is 24.3 Å². The summed E-state index contributed by atoms with van der Waals surface area (Å²) in [6, 6.07) is 6.60. The van der Waals surface area contributed by atoms with E-state index in [1.807, 2.05) is 0 Å². The second kappa shape index (κ2) is 7.58. The summed E-state index contributed by atoms with van der Waals surface area (Å²) in [5.74, 6) is 0.596. The molecule has 1 saturated heterocycles. The molecule has 1 aromatic rings. The van der Waals surface area contributed by atoms with Crippen molar-refractivity contribution in [2.24, 2.45) is 11.8 Å². The van der Waals surface area contributed by atoms with E-state index in [0.29, 0.717) is 23.2 Å². The van der Waals surface area contributed by atoms with Crippen LogP contribution in [-0.2, 0) is 14.4 Å². The van der Waals surface area contributed by atoms with Crippen molar-refractivity contribution in [2.75, 3.05) is 10.2 Å². The number of carbonyl (C=O) groups excluding carboxylic acids is 3. The first-order chi connectivity index (χ1) is 12.4. The first kappa shape index (κ1) is 18.6. The molecular formula is C20H27N3O3. The number of nitrogens with zero attached hydrogens (tertiary/aromatic N) is 1. The molecule has 1 heterocycles. The maximum Gasteiger partial charge on any atom is 0.251 e. The molecule has 140 valence electrons. The van der Waals surface area contributed by atoms with Gasteiger partial charge in [-0.3, -0.25) is 14.4 Å². The Hall–Kier alpha value is -2.21. The topological polar surface area (TPSA) is 78.5 Å². The molecule has 0 unspecified atom stereocenters. The van der Waals surface area contributed by atoms with E-state index in [4.69, 9.17) is 0 Å². The smallest absolute Gasteiger partial charge is 0.251 e. The fraction of sp³-hybridized carbons (Fsp3) is 0.550. The number of hydrogen-bond acceptors (Lipinski definition) is 4. The maximum absolute atomic E-state index is 12.8. The predicted octanol–water partition coefficient (Wildman–Crippen LogP) is 2.69. The number of imide groups is 1. The van der Waals surface area contributed by atoms with E-state index in [2.05, 4.69) is 24.5 Å². The van der Waals surface area contributed by atoms with Crippen LogP contribution in [0.25, 0.3) is 0 Å². The Kier molecular flexibility index (Phi) is 5.41. The number of hydrogen-bond donors (Lipinski definition) is 2. The zero-order valence-electron chi connectivity index (χ0n) is 15.6. The van der Waals surface area contributed by atoms with E-state index in [1.165, 1.54) is 18.2 Å². The van der Waals surface area contributed by atoms with Gasteiger partial charge in [0, 0.05) is 18.7 Å². The lowest BCUT2D eigenvalue weighted by atomic mass is 9.78. The molecule has 0 bridgehead atoms. The summed E-state index contributed by atoms with van der Waals surface area (Å²) in [7, 11) is 0. The first-order valence-corrected chi connectivity index (χ1v) is 9.37.